The van der Waals surface area contributed by atoms with Crippen LogP contribution in [0.15, 0.2) is 36.4 Å². The van der Waals surface area contributed by atoms with Crippen LogP contribution < -0.4 is 10.1 Å². The van der Waals surface area contributed by atoms with Crippen LogP contribution in [-0.4, -0.2) is 22.4 Å². The molecule has 1 N–H and O–H groups in total. The summed E-state index contributed by atoms with van der Waals surface area (Å²) in [5.74, 6) is -1.97. The van der Waals surface area contributed by atoms with E-state index in [9.17, 15) is 29.4 Å². The summed E-state index contributed by atoms with van der Waals surface area (Å²) >= 11 is 0. The second kappa shape index (κ2) is 7.34. The van der Waals surface area contributed by atoms with E-state index in [-0.39, 0.29) is 11.4 Å². The molecule has 0 aromatic heterocycles. The number of benzene rings is 2. The van der Waals surface area contributed by atoms with Crippen LogP contribution in [0.5, 0.6) is 5.75 Å². The minimum absolute atomic E-state index is 0.00478. The Kier molecular flexibility index (Phi) is 5.22. The van der Waals surface area contributed by atoms with Crippen LogP contribution >= 0.6 is 0 Å². The smallest absolute Gasteiger partial charge is 0.311 e. The highest BCUT2D eigenvalue weighted by molar-refractivity contribution is 5.95. The van der Waals surface area contributed by atoms with Crippen molar-refractivity contribution in [3.8, 4) is 5.75 Å². The number of carbonyl (C=O) groups excluding carboxylic acids is 1. The molecule has 0 fully saturated rings. The third kappa shape index (κ3) is 4.25. The molecule has 0 heterocycles. The van der Waals surface area contributed by atoms with E-state index < -0.39 is 39.6 Å². The fourth-order valence-electron chi connectivity index (χ4n) is 2.04. The number of halogens is 1. The summed E-state index contributed by atoms with van der Waals surface area (Å²) in [5, 5.41) is 24.2. The van der Waals surface area contributed by atoms with Crippen LogP contribution in [-0.2, 0) is 4.79 Å². The number of rotatable bonds is 6. The number of anilines is 1. The highest BCUT2D eigenvalue weighted by Crippen LogP contribution is 2.29. The molecule has 0 saturated carbocycles. The Hall–Kier alpha value is -3.56. The summed E-state index contributed by atoms with van der Waals surface area (Å²) in [7, 11) is 0. The van der Waals surface area contributed by atoms with E-state index in [1.165, 1.54) is 12.1 Å². The first kappa shape index (κ1) is 17.8. The first-order chi connectivity index (χ1) is 11.8. The lowest BCUT2D eigenvalue weighted by Crippen LogP contribution is -2.21. The second-order valence-corrected chi connectivity index (χ2v) is 4.93. The minimum atomic E-state index is -0.782. The Bertz CT molecular complexity index is 855. The van der Waals surface area contributed by atoms with Crippen molar-refractivity contribution in [1.82, 2.24) is 0 Å². The number of amides is 1. The molecule has 0 spiro atoms. The molecule has 1 amide bonds. The standard InChI is InChI=1S/C15H12FN3O6/c1-9-3-2-4-12(19(23)24)15(9)17-14(20)8-25-13-7-10(16)5-6-11(13)18(21)22/h2-7H,8H2,1H3,(H,17,20). The summed E-state index contributed by atoms with van der Waals surface area (Å²) in [6.45, 7) is 0.886. The van der Waals surface area contributed by atoms with Gasteiger partial charge in [-0.05, 0) is 18.6 Å². The van der Waals surface area contributed by atoms with Crippen LogP contribution in [0.1, 0.15) is 5.56 Å². The molecule has 0 atom stereocenters. The fourth-order valence-corrected chi connectivity index (χ4v) is 2.04. The highest BCUT2D eigenvalue weighted by Gasteiger charge is 2.20. The van der Waals surface area contributed by atoms with Gasteiger partial charge in [0.1, 0.15) is 11.5 Å². The number of aryl methyl sites for hydroxylation is 1. The normalized spacial score (nSPS) is 10.2. The van der Waals surface area contributed by atoms with Gasteiger partial charge in [-0.1, -0.05) is 12.1 Å². The van der Waals surface area contributed by atoms with Crippen molar-refractivity contribution in [3.63, 3.8) is 0 Å². The monoisotopic (exact) mass is 349 g/mol. The number of nitrogens with zero attached hydrogens (tertiary/aromatic N) is 2. The molecule has 0 aliphatic rings. The summed E-state index contributed by atoms with van der Waals surface area (Å²) in [6.07, 6.45) is 0. The topological polar surface area (TPSA) is 125 Å². The van der Waals surface area contributed by atoms with Crippen molar-refractivity contribution in [2.24, 2.45) is 0 Å². The predicted octanol–water partition coefficient (Wildman–Crippen LogP) is 2.97. The van der Waals surface area contributed by atoms with Gasteiger partial charge >= 0.3 is 5.69 Å². The van der Waals surface area contributed by atoms with Gasteiger partial charge in [-0.3, -0.25) is 25.0 Å². The first-order valence-electron chi connectivity index (χ1n) is 6.90. The van der Waals surface area contributed by atoms with Gasteiger partial charge in [-0.15, -0.1) is 0 Å². The van der Waals surface area contributed by atoms with Crippen molar-refractivity contribution < 1.29 is 23.8 Å². The number of hydrogen-bond donors (Lipinski definition) is 1. The van der Waals surface area contributed by atoms with Crippen molar-refractivity contribution in [3.05, 3.63) is 68.0 Å². The number of hydrogen-bond acceptors (Lipinski definition) is 6. The van der Waals surface area contributed by atoms with Gasteiger partial charge in [-0.25, -0.2) is 4.39 Å². The zero-order chi connectivity index (χ0) is 18.6. The van der Waals surface area contributed by atoms with E-state index in [2.05, 4.69) is 5.32 Å². The van der Waals surface area contributed by atoms with E-state index in [0.29, 0.717) is 5.56 Å². The Labute approximate surface area is 140 Å². The van der Waals surface area contributed by atoms with E-state index in [4.69, 9.17) is 4.74 Å². The fraction of sp³-hybridized carbons (Fsp3) is 0.133. The Morgan fingerprint density at radius 1 is 1.16 bits per heavy atom. The van der Waals surface area contributed by atoms with Crippen LogP contribution in [0, 0.1) is 33.0 Å². The molecule has 25 heavy (non-hydrogen) atoms. The van der Waals surface area contributed by atoms with Gasteiger partial charge in [0.2, 0.25) is 5.75 Å². The van der Waals surface area contributed by atoms with Gasteiger partial charge < -0.3 is 10.1 Å². The van der Waals surface area contributed by atoms with E-state index in [0.717, 1.165) is 18.2 Å². The molecule has 2 rings (SSSR count). The molecule has 2 aromatic carbocycles. The summed E-state index contributed by atoms with van der Waals surface area (Å²) in [6, 6.07) is 6.84. The maximum Gasteiger partial charge on any atom is 0.311 e. The second-order valence-electron chi connectivity index (χ2n) is 4.93. The Morgan fingerprint density at radius 3 is 2.48 bits per heavy atom. The van der Waals surface area contributed by atoms with Crippen molar-refractivity contribution in [2.45, 2.75) is 6.92 Å². The highest BCUT2D eigenvalue weighted by atomic mass is 19.1. The van der Waals surface area contributed by atoms with Crippen LogP contribution in [0.4, 0.5) is 21.5 Å². The number of carbonyl (C=O) groups is 1. The van der Waals surface area contributed by atoms with Crippen molar-refractivity contribution in [1.29, 1.82) is 0 Å². The van der Waals surface area contributed by atoms with Crippen LogP contribution in [0.2, 0.25) is 0 Å². The molecule has 0 unspecified atom stereocenters. The molecular weight excluding hydrogens is 337 g/mol. The van der Waals surface area contributed by atoms with Gasteiger partial charge in [0.15, 0.2) is 6.61 Å². The summed E-state index contributed by atoms with van der Waals surface area (Å²) in [4.78, 5) is 32.4. The average Bonchev–Trinajstić information content (AvgIpc) is 2.54. The lowest BCUT2D eigenvalue weighted by atomic mass is 10.1. The predicted molar refractivity (Wildman–Crippen MR) is 85.0 cm³/mol. The zero-order valence-electron chi connectivity index (χ0n) is 12.9. The lowest BCUT2D eigenvalue weighted by molar-refractivity contribution is -0.385. The zero-order valence-corrected chi connectivity index (χ0v) is 12.9. The number of para-hydroxylation sites is 1. The maximum absolute atomic E-state index is 13.2. The van der Waals surface area contributed by atoms with Crippen LogP contribution in [0.25, 0.3) is 0 Å². The first-order valence-corrected chi connectivity index (χ1v) is 6.90. The number of ether oxygens (including phenoxy) is 1. The number of nitrogens with one attached hydrogen (secondary N) is 1. The summed E-state index contributed by atoms with van der Waals surface area (Å²) < 4.78 is 18.2. The van der Waals surface area contributed by atoms with Gasteiger partial charge in [0.05, 0.1) is 9.85 Å². The molecule has 0 radical (unpaired) electrons. The molecule has 0 bridgehead atoms. The third-order valence-electron chi connectivity index (χ3n) is 3.19. The van der Waals surface area contributed by atoms with Gasteiger partial charge in [0.25, 0.3) is 11.6 Å². The van der Waals surface area contributed by atoms with Gasteiger partial charge in [-0.2, -0.15) is 0 Å². The molecule has 0 saturated heterocycles. The lowest BCUT2D eigenvalue weighted by Gasteiger charge is -2.10. The SMILES string of the molecule is Cc1cccc([N+](=O)[O-])c1NC(=O)COc1cc(F)ccc1[N+](=O)[O-]. The maximum atomic E-state index is 13.2. The molecule has 130 valence electrons. The molecule has 0 aliphatic heterocycles. The van der Waals surface area contributed by atoms with Crippen molar-refractivity contribution >= 4 is 23.0 Å². The summed E-state index contributed by atoms with van der Waals surface area (Å²) in [5.41, 5.74) is -0.352. The number of nitro groups is 2. The quantitative estimate of drug-likeness (QED) is 0.631. The Morgan fingerprint density at radius 2 is 1.84 bits per heavy atom. The van der Waals surface area contributed by atoms with E-state index in [1.807, 2.05) is 0 Å². The third-order valence-corrected chi connectivity index (χ3v) is 3.19. The molecule has 10 heteroatoms. The minimum Gasteiger partial charge on any atom is -0.477 e. The van der Waals surface area contributed by atoms with Crippen molar-refractivity contribution in [2.75, 3.05) is 11.9 Å². The molecular formula is C15H12FN3O6. The molecule has 2 aromatic rings. The molecule has 0 aliphatic carbocycles. The van der Waals surface area contributed by atoms with E-state index >= 15 is 0 Å². The largest absolute Gasteiger partial charge is 0.477 e. The molecule has 9 nitrogen and oxygen atoms in total. The number of nitro benzene ring substituents is 2. The Balaban J connectivity index is 2.14. The van der Waals surface area contributed by atoms with Gasteiger partial charge in [0, 0.05) is 18.2 Å². The van der Waals surface area contributed by atoms with E-state index in [1.54, 1.807) is 13.0 Å². The van der Waals surface area contributed by atoms with Crippen LogP contribution in [0.3, 0.4) is 0 Å². The average molecular weight is 349 g/mol.